The Morgan fingerprint density at radius 3 is 2.54 bits per heavy atom. The molecule has 10 heteroatoms. The van der Waals surface area contributed by atoms with Gasteiger partial charge in [-0.3, -0.25) is 0 Å². The van der Waals surface area contributed by atoms with Gasteiger partial charge in [0.05, 0.1) is 22.1 Å². The zero-order valence-corrected chi connectivity index (χ0v) is 14.1. The monoisotopic (exact) mass is 383 g/mol. The molecule has 2 unspecified atom stereocenters. The quantitative estimate of drug-likeness (QED) is 0.834. The number of nitriles is 1. The van der Waals surface area contributed by atoms with E-state index in [0.29, 0.717) is 19.0 Å². The Morgan fingerprint density at radius 1 is 1.33 bits per heavy atom. The fourth-order valence-electron chi connectivity index (χ4n) is 2.77. The zero-order valence-electron chi connectivity index (χ0n) is 12.5. The smallest absolute Gasteiger partial charge is 0.330 e. The molecule has 1 aromatic rings. The highest BCUT2D eigenvalue weighted by Crippen LogP contribution is 2.33. The van der Waals surface area contributed by atoms with Gasteiger partial charge in [-0.05, 0) is 43.5 Å². The Bertz CT molecular complexity index is 732. The first kappa shape index (κ1) is 20.7. The highest BCUT2D eigenvalue weighted by molar-refractivity contribution is 7.89. The Morgan fingerprint density at radius 2 is 2.00 bits per heavy atom. The van der Waals surface area contributed by atoms with Crippen LogP contribution in [0.3, 0.4) is 0 Å². The summed E-state index contributed by atoms with van der Waals surface area (Å²) < 4.78 is 65.4. The molecule has 0 bridgehead atoms. The van der Waals surface area contributed by atoms with Gasteiger partial charge in [-0.1, -0.05) is 6.42 Å². The van der Waals surface area contributed by atoms with E-state index < -0.39 is 27.3 Å². The topological polar surface area (TPSA) is 96.0 Å². The minimum absolute atomic E-state index is 0. The Hall–Kier alpha value is -1.34. The van der Waals surface area contributed by atoms with E-state index >= 15 is 0 Å². The second-order valence-corrected chi connectivity index (χ2v) is 7.19. The number of sulfonamides is 1. The molecule has 24 heavy (non-hydrogen) atoms. The molecule has 0 saturated heterocycles. The number of rotatable bonds is 4. The lowest BCUT2D eigenvalue weighted by Gasteiger charge is -2.19. The third kappa shape index (κ3) is 4.39. The van der Waals surface area contributed by atoms with Crippen molar-refractivity contribution in [3.63, 3.8) is 0 Å². The van der Waals surface area contributed by atoms with Crippen molar-refractivity contribution < 1.29 is 21.6 Å². The molecular weight excluding hydrogens is 367 g/mol. The summed E-state index contributed by atoms with van der Waals surface area (Å²) in [7, 11) is -4.01. The molecule has 5 nitrogen and oxygen atoms in total. The van der Waals surface area contributed by atoms with E-state index in [9.17, 15) is 21.6 Å². The predicted octanol–water partition coefficient (Wildman–Crippen LogP) is 2.40. The highest BCUT2D eigenvalue weighted by Gasteiger charge is 2.35. The van der Waals surface area contributed by atoms with Gasteiger partial charge in [-0.2, -0.15) is 18.4 Å². The molecular formula is C14H17ClF3N3O2S. The first-order chi connectivity index (χ1) is 10.7. The van der Waals surface area contributed by atoms with Gasteiger partial charge in [-0.25, -0.2) is 13.1 Å². The molecule has 1 fully saturated rings. The molecule has 1 aliphatic carbocycles. The van der Waals surface area contributed by atoms with Gasteiger partial charge in [-0.15, -0.1) is 12.4 Å². The Labute approximate surface area is 144 Å². The van der Waals surface area contributed by atoms with Crippen molar-refractivity contribution in [3.8, 4) is 6.07 Å². The maximum absolute atomic E-state index is 12.8. The summed E-state index contributed by atoms with van der Waals surface area (Å²) in [6.07, 6.45) is -2.44. The van der Waals surface area contributed by atoms with Crippen molar-refractivity contribution in [1.82, 2.24) is 4.72 Å². The van der Waals surface area contributed by atoms with Gasteiger partial charge in [0.25, 0.3) is 0 Å². The number of alkyl halides is 3. The standard InChI is InChI=1S/C14H16F3N3O2S.ClH/c15-14(16,17)12-5-4-11(6-10(12)8-19)23(21,22)20-13-3-1-2-9(13)7-18;/h4-6,9,13,20H,1-3,7,18H2;1H. The Kier molecular flexibility index (Phi) is 6.64. The van der Waals surface area contributed by atoms with E-state index in [0.717, 1.165) is 25.0 Å². The van der Waals surface area contributed by atoms with Crippen LogP contribution in [0, 0.1) is 17.2 Å². The molecule has 0 spiro atoms. The van der Waals surface area contributed by atoms with Crippen molar-refractivity contribution >= 4 is 22.4 Å². The van der Waals surface area contributed by atoms with E-state index in [1.54, 1.807) is 0 Å². The SMILES string of the molecule is Cl.N#Cc1cc(S(=O)(=O)NC2CCCC2CN)ccc1C(F)(F)F. The average Bonchev–Trinajstić information content (AvgIpc) is 2.92. The summed E-state index contributed by atoms with van der Waals surface area (Å²) in [5.74, 6) is 0.00894. The van der Waals surface area contributed by atoms with E-state index in [1.165, 1.54) is 6.07 Å². The van der Waals surface area contributed by atoms with Gasteiger partial charge in [0, 0.05) is 6.04 Å². The fourth-order valence-corrected chi connectivity index (χ4v) is 4.14. The van der Waals surface area contributed by atoms with Gasteiger partial charge in [0.2, 0.25) is 10.0 Å². The number of hydrogen-bond donors (Lipinski definition) is 2. The third-order valence-electron chi connectivity index (χ3n) is 4.00. The summed E-state index contributed by atoms with van der Waals surface area (Å²) in [5, 5.41) is 8.85. The first-order valence-electron chi connectivity index (χ1n) is 7.03. The fraction of sp³-hybridized carbons (Fsp3) is 0.500. The van der Waals surface area contributed by atoms with Crippen LogP contribution in [0.2, 0.25) is 0 Å². The normalized spacial score (nSPS) is 21.1. The summed E-state index contributed by atoms with van der Waals surface area (Å²) >= 11 is 0. The molecule has 1 aromatic carbocycles. The van der Waals surface area contributed by atoms with Gasteiger partial charge < -0.3 is 5.73 Å². The average molecular weight is 384 g/mol. The highest BCUT2D eigenvalue weighted by atomic mass is 35.5. The van der Waals surface area contributed by atoms with E-state index in [-0.39, 0.29) is 29.3 Å². The second kappa shape index (κ2) is 7.70. The second-order valence-electron chi connectivity index (χ2n) is 5.47. The minimum atomic E-state index is -4.71. The van der Waals surface area contributed by atoms with Gasteiger partial charge in [0.15, 0.2) is 0 Å². The Balaban J connectivity index is 0.00000288. The van der Waals surface area contributed by atoms with Crippen LogP contribution >= 0.6 is 12.4 Å². The number of nitrogens with one attached hydrogen (secondary N) is 1. The molecule has 0 heterocycles. The lowest BCUT2D eigenvalue weighted by molar-refractivity contribution is -0.137. The summed E-state index contributed by atoms with van der Waals surface area (Å²) in [6.45, 7) is 0.337. The molecule has 0 radical (unpaired) electrons. The molecule has 0 amide bonds. The van der Waals surface area contributed by atoms with Crippen LogP contribution in [-0.4, -0.2) is 21.0 Å². The molecule has 0 aliphatic heterocycles. The van der Waals surface area contributed by atoms with Crippen LogP contribution < -0.4 is 10.5 Å². The van der Waals surface area contributed by atoms with E-state index in [2.05, 4.69) is 4.72 Å². The van der Waals surface area contributed by atoms with Crippen LogP contribution in [0.1, 0.15) is 30.4 Å². The van der Waals surface area contributed by atoms with Crippen LogP contribution in [0.25, 0.3) is 0 Å². The number of halogens is 4. The summed E-state index contributed by atoms with van der Waals surface area (Å²) in [5.41, 5.74) is 3.72. The first-order valence-corrected chi connectivity index (χ1v) is 8.51. The predicted molar refractivity (Wildman–Crippen MR) is 83.9 cm³/mol. The maximum atomic E-state index is 12.8. The lowest BCUT2D eigenvalue weighted by atomic mass is 10.1. The molecule has 134 valence electrons. The lowest BCUT2D eigenvalue weighted by Crippen LogP contribution is -2.39. The molecule has 3 N–H and O–H groups in total. The van der Waals surface area contributed by atoms with Crippen molar-refractivity contribution in [2.45, 2.75) is 36.4 Å². The van der Waals surface area contributed by atoms with E-state index in [4.69, 9.17) is 11.0 Å². The third-order valence-corrected chi connectivity index (χ3v) is 5.48. The summed E-state index contributed by atoms with van der Waals surface area (Å²) in [4.78, 5) is -0.357. The number of benzene rings is 1. The maximum Gasteiger partial charge on any atom is 0.417 e. The summed E-state index contributed by atoms with van der Waals surface area (Å²) in [6, 6.07) is 3.28. The van der Waals surface area contributed by atoms with Crippen molar-refractivity contribution in [1.29, 1.82) is 5.26 Å². The van der Waals surface area contributed by atoms with Crippen LogP contribution in [-0.2, 0) is 16.2 Å². The van der Waals surface area contributed by atoms with Crippen molar-refractivity contribution in [3.05, 3.63) is 29.3 Å². The molecule has 1 aliphatic rings. The molecule has 0 aromatic heterocycles. The van der Waals surface area contributed by atoms with E-state index in [1.807, 2.05) is 0 Å². The van der Waals surface area contributed by atoms with Crippen LogP contribution in [0.4, 0.5) is 13.2 Å². The van der Waals surface area contributed by atoms with Gasteiger partial charge in [0.1, 0.15) is 0 Å². The van der Waals surface area contributed by atoms with Crippen LogP contribution in [0.15, 0.2) is 23.1 Å². The molecule has 2 rings (SSSR count). The molecule has 2 atom stereocenters. The van der Waals surface area contributed by atoms with Crippen molar-refractivity contribution in [2.75, 3.05) is 6.54 Å². The minimum Gasteiger partial charge on any atom is -0.330 e. The zero-order chi connectivity index (χ0) is 17.3. The number of hydrogen-bond acceptors (Lipinski definition) is 4. The largest absolute Gasteiger partial charge is 0.417 e. The molecule has 1 saturated carbocycles. The number of nitrogens with zero attached hydrogens (tertiary/aromatic N) is 1. The number of nitrogens with two attached hydrogens (primary N) is 1. The van der Waals surface area contributed by atoms with Crippen molar-refractivity contribution in [2.24, 2.45) is 11.7 Å². The van der Waals surface area contributed by atoms with Gasteiger partial charge >= 0.3 is 6.18 Å². The van der Waals surface area contributed by atoms with Crippen LogP contribution in [0.5, 0.6) is 0 Å².